The van der Waals surface area contributed by atoms with E-state index in [2.05, 4.69) is 22.1 Å². The van der Waals surface area contributed by atoms with Crippen LogP contribution < -0.4 is 14.8 Å². The van der Waals surface area contributed by atoms with Crippen LogP contribution in [0.15, 0.2) is 36.0 Å². The van der Waals surface area contributed by atoms with E-state index in [9.17, 15) is 4.79 Å². The average molecular weight is 362 g/mol. The zero-order chi connectivity index (χ0) is 18.2. The number of nitrogens with zero attached hydrogens (tertiary/aromatic N) is 3. The molecule has 7 nitrogen and oxygen atoms in total. The summed E-state index contributed by atoms with van der Waals surface area (Å²) < 4.78 is 12.4. The second-order valence-corrected chi connectivity index (χ2v) is 6.00. The van der Waals surface area contributed by atoms with Crippen molar-refractivity contribution < 1.29 is 14.3 Å². The van der Waals surface area contributed by atoms with Gasteiger partial charge in [-0.3, -0.25) is 4.79 Å². The highest BCUT2D eigenvalue weighted by atomic mass is 32.2. The monoisotopic (exact) mass is 362 g/mol. The molecule has 0 aliphatic heterocycles. The minimum Gasteiger partial charge on any atom is -0.497 e. The molecule has 0 saturated heterocycles. The smallest absolute Gasteiger partial charge is 0.234 e. The number of thioether (sulfide) groups is 1. The van der Waals surface area contributed by atoms with Gasteiger partial charge in [-0.25, -0.2) is 0 Å². The van der Waals surface area contributed by atoms with Crippen LogP contribution in [0.4, 0.5) is 5.69 Å². The molecule has 1 aromatic heterocycles. The lowest BCUT2D eigenvalue weighted by molar-refractivity contribution is -0.113. The number of nitrogens with one attached hydrogen (secondary N) is 1. The maximum atomic E-state index is 12.3. The highest BCUT2D eigenvalue weighted by molar-refractivity contribution is 7.99. The van der Waals surface area contributed by atoms with Crippen molar-refractivity contribution in [3.8, 4) is 11.5 Å². The molecule has 1 amide bonds. The molecule has 8 heteroatoms. The zero-order valence-corrected chi connectivity index (χ0v) is 15.4. The summed E-state index contributed by atoms with van der Waals surface area (Å²) in [6.45, 7) is 6.38. The van der Waals surface area contributed by atoms with Gasteiger partial charge in [0, 0.05) is 19.0 Å². The third kappa shape index (κ3) is 4.76. The van der Waals surface area contributed by atoms with Crippen molar-refractivity contribution >= 4 is 23.4 Å². The molecule has 2 aromatic rings. The molecule has 0 bridgehead atoms. The molecule has 1 heterocycles. The predicted octanol–water partition coefficient (Wildman–Crippen LogP) is 2.77. The van der Waals surface area contributed by atoms with Crippen LogP contribution in [0.25, 0.3) is 0 Å². The molecule has 0 spiro atoms. The number of ether oxygens (including phenoxy) is 2. The van der Waals surface area contributed by atoms with Gasteiger partial charge in [0.2, 0.25) is 5.91 Å². The summed E-state index contributed by atoms with van der Waals surface area (Å²) in [4.78, 5) is 12.3. The fourth-order valence-corrected chi connectivity index (χ4v) is 2.98. The fourth-order valence-electron chi connectivity index (χ4n) is 2.22. The van der Waals surface area contributed by atoms with Crippen molar-refractivity contribution in [1.29, 1.82) is 0 Å². The van der Waals surface area contributed by atoms with E-state index in [1.165, 1.54) is 11.8 Å². The molecular weight excluding hydrogens is 340 g/mol. The van der Waals surface area contributed by atoms with Gasteiger partial charge in [0.25, 0.3) is 0 Å². The minimum atomic E-state index is -0.153. The molecule has 1 aromatic carbocycles. The van der Waals surface area contributed by atoms with Crippen LogP contribution in [0.1, 0.15) is 12.7 Å². The molecule has 0 radical (unpaired) electrons. The van der Waals surface area contributed by atoms with E-state index in [-0.39, 0.29) is 11.7 Å². The van der Waals surface area contributed by atoms with Gasteiger partial charge in [-0.2, -0.15) is 0 Å². The predicted molar refractivity (Wildman–Crippen MR) is 98.5 cm³/mol. The number of methoxy groups -OCH3 is 2. The van der Waals surface area contributed by atoms with E-state index in [4.69, 9.17) is 9.47 Å². The molecule has 0 aliphatic carbocycles. The van der Waals surface area contributed by atoms with Gasteiger partial charge in [0.15, 0.2) is 5.16 Å². The van der Waals surface area contributed by atoms with Crippen molar-refractivity contribution in [2.45, 2.75) is 25.0 Å². The average Bonchev–Trinajstić information content (AvgIpc) is 3.02. The van der Waals surface area contributed by atoms with E-state index in [1.807, 2.05) is 11.5 Å². The number of rotatable bonds is 9. The fraction of sp³-hybridized carbons (Fsp3) is 0.353. The molecule has 25 heavy (non-hydrogen) atoms. The molecule has 0 atom stereocenters. The van der Waals surface area contributed by atoms with Crippen LogP contribution in [0.5, 0.6) is 11.5 Å². The Bertz CT molecular complexity index is 745. The molecule has 0 saturated carbocycles. The SMILES string of the molecule is C=CCn1c(CC)nnc1SCC(=O)Nc1ccc(OC)cc1OC. The third-order valence-corrected chi connectivity index (χ3v) is 4.40. The Balaban J connectivity index is 2.02. The van der Waals surface area contributed by atoms with E-state index >= 15 is 0 Å². The lowest BCUT2D eigenvalue weighted by atomic mass is 10.2. The molecule has 0 fully saturated rings. The van der Waals surface area contributed by atoms with Crippen LogP contribution in [0, 0.1) is 0 Å². The van der Waals surface area contributed by atoms with E-state index in [1.54, 1.807) is 38.5 Å². The summed E-state index contributed by atoms with van der Waals surface area (Å²) in [7, 11) is 3.12. The van der Waals surface area contributed by atoms with E-state index in [0.717, 1.165) is 12.2 Å². The molecule has 134 valence electrons. The summed E-state index contributed by atoms with van der Waals surface area (Å²) in [5, 5.41) is 11.8. The normalized spacial score (nSPS) is 10.4. The molecular formula is C17H22N4O3S. The van der Waals surface area contributed by atoms with Gasteiger partial charge in [0.1, 0.15) is 17.3 Å². The van der Waals surface area contributed by atoms with Crippen molar-refractivity contribution in [2.75, 3.05) is 25.3 Å². The first-order valence-electron chi connectivity index (χ1n) is 7.80. The number of aryl methyl sites for hydroxylation is 1. The van der Waals surface area contributed by atoms with Gasteiger partial charge >= 0.3 is 0 Å². The second-order valence-electron chi connectivity index (χ2n) is 5.05. The largest absolute Gasteiger partial charge is 0.497 e. The van der Waals surface area contributed by atoms with Crippen LogP contribution in [-0.4, -0.2) is 40.6 Å². The number of carbonyl (C=O) groups excluding carboxylic acids is 1. The first-order valence-corrected chi connectivity index (χ1v) is 8.79. The number of hydrogen-bond acceptors (Lipinski definition) is 6. The Morgan fingerprint density at radius 3 is 2.80 bits per heavy atom. The number of benzene rings is 1. The van der Waals surface area contributed by atoms with Gasteiger partial charge in [-0.1, -0.05) is 24.8 Å². The zero-order valence-electron chi connectivity index (χ0n) is 14.6. The Hall–Kier alpha value is -2.48. The quantitative estimate of drug-likeness (QED) is 0.546. The Morgan fingerprint density at radius 1 is 1.36 bits per heavy atom. The van der Waals surface area contributed by atoms with Crippen LogP contribution in [-0.2, 0) is 17.8 Å². The van der Waals surface area contributed by atoms with Crippen molar-refractivity contribution in [2.24, 2.45) is 0 Å². The van der Waals surface area contributed by atoms with Crippen molar-refractivity contribution in [3.63, 3.8) is 0 Å². The molecule has 1 N–H and O–H groups in total. The Labute approximate surface area is 151 Å². The summed E-state index contributed by atoms with van der Waals surface area (Å²) in [6.07, 6.45) is 2.56. The van der Waals surface area contributed by atoms with Gasteiger partial charge in [-0.15, -0.1) is 16.8 Å². The highest BCUT2D eigenvalue weighted by Gasteiger charge is 2.14. The summed E-state index contributed by atoms with van der Waals surface area (Å²) in [5.41, 5.74) is 0.593. The highest BCUT2D eigenvalue weighted by Crippen LogP contribution is 2.29. The van der Waals surface area contributed by atoms with Crippen LogP contribution >= 0.6 is 11.8 Å². The number of carbonyl (C=O) groups is 1. The van der Waals surface area contributed by atoms with Crippen molar-refractivity contribution in [1.82, 2.24) is 14.8 Å². The van der Waals surface area contributed by atoms with Crippen molar-refractivity contribution in [3.05, 3.63) is 36.7 Å². The lowest BCUT2D eigenvalue weighted by Crippen LogP contribution is -2.15. The topological polar surface area (TPSA) is 78.3 Å². The number of anilines is 1. The Kier molecular flexibility index (Phi) is 6.88. The summed E-state index contributed by atoms with van der Waals surface area (Å²) in [6, 6.07) is 5.23. The standard InChI is InChI=1S/C17H22N4O3S/c1-5-9-21-15(6-2)19-20-17(21)25-11-16(22)18-13-8-7-12(23-3)10-14(13)24-4/h5,7-8,10H,1,6,9,11H2,2-4H3,(H,18,22). The maximum absolute atomic E-state index is 12.3. The van der Waals surface area contributed by atoms with E-state index < -0.39 is 0 Å². The second kappa shape index (κ2) is 9.12. The molecule has 2 rings (SSSR count). The minimum absolute atomic E-state index is 0.153. The van der Waals surface area contributed by atoms with Crippen LogP contribution in [0.3, 0.4) is 0 Å². The van der Waals surface area contributed by atoms with Gasteiger partial charge < -0.3 is 19.4 Å². The third-order valence-electron chi connectivity index (χ3n) is 3.44. The molecule has 0 aliphatic rings. The van der Waals surface area contributed by atoms with Gasteiger partial charge in [0.05, 0.1) is 25.7 Å². The first kappa shape index (κ1) is 18.9. The number of allylic oxidation sites excluding steroid dienone is 1. The number of aromatic nitrogens is 3. The Morgan fingerprint density at radius 2 is 2.16 bits per heavy atom. The summed E-state index contributed by atoms with van der Waals surface area (Å²) in [5.74, 6) is 2.14. The maximum Gasteiger partial charge on any atom is 0.234 e. The molecule has 0 unspecified atom stereocenters. The number of amides is 1. The van der Waals surface area contributed by atoms with Crippen LogP contribution in [0.2, 0.25) is 0 Å². The first-order chi connectivity index (χ1) is 12.1. The van der Waals surface area contributed by atoms with Gasteiger partial charge in [-0.05, 0) is 12.1 Å². The lowest BCUT2D eigenvalue weighted by Gasteiger charge is -2.11. The number of hydrogen-bond donors (Lipinski definition) is 1. The summed E-state index contributed by atoms with van der Waals surface area (Å²) >= 11 is 1.34. The van der Waals surface area contributed by atoms with E-state index in [0.29, 0.717) is 28.9 Å².